The summed E-state index contributed by atoms with van der Waals surface area (Å²) in [5, 5.41) is 3.69. The summed E-state index contributed by atoms with van der Waals surface area (Å²) in [7, 11) is 0. The van der Waals surface area contributed by atoms with Crippen LogP contribution in [0.5, 0.6) is 0 Å². The molecule has 0 spiro atoms. The average Bonchev–Trinajstić information content (AvgIpc) is 2.96. The predicted octanol–water partition coefficient (Wildman–Crippen LogP) is 4.28. The van der Waals surface area contributed by atoms with Gasteiger partial charge in [-0.25, -0.2) is 0 Å². The predicted molar refractivity (Wildman–Crippen MR) is 81.5 cm³/mol. The molecular weight excluding hydrogens is 234 g/mol. The van der Waals surface area contributed by atoms with E-state index in [1.54, 1.807) is 0 Å². The Labute approximate surface area is 119 Å². The number of nitrogens with one attached hydrogen (secondary N) is 1. The van der Waals surface area contributed by atoms with Crippen molar-refractivity contribution >= 4 is 0 Å². The van der Waals surface area contributed by atoms with Crippen LogP contribution in [0.1, 0.15) is 77.6 Å². The second-order valence-corrected chi connectivity index (χ2v) is 6.55. The van der Waals surface area contributed by atoms with Gasteiger partial charge >= 0.3 is 0 Å². The molecule has 1 aliphatic carbocycles. The van der Waals surface area contributed by atoms with Crippen molar-refractivity contribution in [3.05, 3.63) is 0 Å². The highest BCUT2D eigenvalue weighted by Gasteiger charge is 2.19. The minimum atomic E-state index is 0.566. The van der Waals surface area contributed by atoms with Crippen molar-refractivity contribution < 1.29 is 4.74 Å². The lowest BCUT2D eigenvalue weighted by Crippen LogP contribution is -2.30. The lowest BCUT2D eigenvalue weighted by Gasteiger charge is -2.25. The van der Waals surface area contributed by atoms with Crippen molar-refractivity contribution in [3.63, 3.8) is 0 Å². The Balaban J connectivity index is 1.62. The molecule has 0 bridgehead atoms. The standard InChI is InChI=1S/C17H33NO/c1-2-18-16(12-13-17-9-6-14-19-17)11-10-15-7-4-3-5-8-15/h15-18H,2-14H2,1H3. The maximum absolute atomic E-state index is 5.75. The zero-order chi connectivity index (χ0) is 13.3. The second-order valence-electron chi connectivity index (χ2n) is 6.55. The molecule has 1 heterocycles. The van der Waals surface area contributed by atoms with Crippen molar-refractivity contribution in [2.24, 2.45) is 5.92 Å². The summed E-state index contributed by atoms with van der Waals surface area (Å²) in [6.45, 7) is 4.35. The van der Waals surface area contributed by atoms with Gasteiger partial charge in [0.1, 0.15) is 0 Å². The van der Waals surface area contributed by atoms with Gasteiger partial charge in [0.05, 0.1) is 6.10 Å². The van der Waals surface area contributed by atoms with E-state index in [2.05, 4.69) is 12.2 Å². The topological polar surface area (TPSA) is 21.3 Å². The van der Waals surface area contributed by atoms with Gasteiger partial charge in [-0.1, -0.05) is 39.0 Å². The van der Waals surface area contributed by atoms with Gasteiger partial charge in [-0.05, 0) is 51.0 Å². The summed E-state index contributed by atoms with van der Waals surface area (Å²) in [4.78, 5) is 0. The fraction of sp³-hybridized carbons (Fsp3) is 1.00. The minimum Gasteiger partial charge on any atom is -0.378 e. The largest absolute Gasteiger partial charge is 0.378 e. The third-order valence-electron chi connectivity index (χ3n) is 5.00. The van der Waals surface area contributed by atoms with Gasteiger partial charge in [-0.3, -0.25) is 0 Å². The number of ether oxygens (including phenoxy) is 1. The van der Waals surface area contributed by atoms with Crippen LogP contribution in [-0.4, -0.2) is 25.3 Å². The highest BCUT2D eigenvalue weighted by Crippen LogP contribution is 2.28. The highest BCUT2D eigenvalue weighted by molar-refractivity contribution is 4.74. The Morgan fingerprint density at radius 1 is 1.00 bits per heavy atom. The molecule has 112 valence electrons. The smallest absolute Gasteiger partial charge is 0.0576 e. The molecule has 1 N–H and O–H groups in total. The molecule has 19 heavy (non-hydrogen) atoms. The quantitative estimate of drug-likeness (QED) is 0.708. The third-order valence-corrected chi connectivity index (χ3v) is 5.00. The van der Waals surface area contributed by atoms with Crippen LogP contribution in [0.15, 0.2) is 0 Å². The van der Waals surface area contributed by atoms with Crippen LogP contribution in [0.3, 0.4) is 0 Å². The van der Waals surface area contributed by atoms with Gasteiger partial charge in [0.15, 0.2) is 0 Å². The highest BCUT2D eigenvalue weighted by atomic mass is 16.5. The minimum absolute atomic E-state index is 0.566. The molecule has 1 saturated heterocycles. The van der Waals surface area contributed by atoms with Gasteiger partial charge in [-0.2, -0.15) is 0 Å². The number of rotatable bonds is 8. The van der Waals surface area contributed by atoms with E-state index in [1.165, 1.54) is 70.6 Å². The first-order chi connectivity index (χ1) is 9.38. The van der Waals surface area contributed by atoms with Crippen LogP contribution in [0, 0.1) is 5.92 Å². The van der Waals surface area contributed by atoms with Crippen LogP contribution < -0.4 is 5.32 Å². The van der Waals surface area contributed by atoms with E-state index in [4.69, 9.17) is 4.74 Å². The molecule has 1 saturated carbocycles. The lowest BCUT2D eigenvalue weighted by atomic mass is 9.84. The zero-order valence-electron chi connectivity index (χ0n) is 12.8. The van der Waals surface area contributed by atoms with E-state index in [1.807, 2.05) is 0 Å². The fourth-order valence-corrected chi connectivity index (χ4v) is 3.81. The zero-order valence-corrected chi connectivity index (χ0v) is 12.8. The molecule has 0 aromatic carbocycles. The summed E-state index contributed by atoms with van der Waals surface area (Å²) >= 11 is 0. The number of hydrogen-bond donors (Lipinski definition) is 1. The van der Waals surface area contributed by atoms with Crippen molar-refractivity contribution in [3.8, 4) is 0 Å². The van der Waals surface area contributed by atoms with Crippen molar-refractivity contribution in [2.75, 3.05) is 13.2 Å². The van der Waals surface area contributed by atoms with Crippen LogP contribution in [0.2, 0.25) is 0 Å². The summed E-state index contributed by atoms with van der Waals surface area (Å²) in [6.07, 6.45) is 16.0. The first kappa shape index (κ1) is 15.3. The van der Waals surface area contributed by atoms with Gasteiger partial charge < -0.3 is 10.1 Å². The SMILES string of the molecule is CCNC(CCC1CCCCC1)CCC1CCCO1. The van der Waals surface area contributed by atoms with Crippen LogP contribution in [0.4, 0.5) is 0 Å². The normalized spacial score (nSPS) is 26.7. The van der Waals surface area contributed by atoms with Crippen molar-refractivity contribution in [2.45, 2.75) is 89.7 Å². The molecule has 2 nitrogen and oxygen atoms in total. The molecule has 2 heteroatoms. The lowest BCUT2D eigenvalue weighted by molar-refractivity contribution is 0.0989. The van der Waals surface area contributed by atoms with Gasteiger partial charge in [-0.15, -0.1) is 0 Å². The Bertz CT molecular complexity index is 219. The summed E-state index contributed by atoms with van der Waals surface area (Å²) < 4.78 is 5.75. The van der Waals surface area contributed by atoms with E-state index in [0.717, 1.165) is 25.1 Å². The third kappa shape index (κ3) is 5.83. The van der Waals surface area contributed by atoms with E-state index >= 15 is 0 Å². The number of hydrogen-bond acceptors (Lipinski definition) is 2. The first-order valence-corrected chi connectivity index (χ1v) is 8.73. The van der Waals surface area contributed by atoms with Crippen LogP contribution in [0.25, 0.3) is 0 Å². The van der Waals surface area contributed by atoms with Gasteiger partial charge in [0, 0.05) is 12.6 Å². The van der Waals surface area contributed by atoms with Crippen molar-refractivity contribution in [1.29, 1.82) is 0 Å². The van der Waals surface area contributed by atoms with E-state index in [9.17, 15) is 0 Å². The van der Waals surface area contributed by atoms with Gasteiger partial charge in [0.2, 0.25) is 0 Å². The summed E-state index contributed by atoms with van der Waals surface area (Å²) in [6, 6.07) is 0.733. The fourth-order valence-electron chi connectivity index (χ4n) is 3.81. The molecule has 0 amide bonds. The Kier molecular flexibility index (Phi) is 7.23. The molecule has 2 rings (SSSR count). The first-order valence-electron chi connectivity index (χ1n) is 8.73. The molecule has 0 aromatic rings. The van der Waals surface area contributed by atoms with Gasteiger partial charge in [0.25, 0.3) is 0 Å². The van der Waals surface area contributed by atoms with Crippen LogP contribution in [-0.2, 0) is 4.74 Å². The monoisotopic (exact) mass is 267 g/mol. The molecule has 0 radical (unpaired) electrons. The molecule has 2 fully saturated rings. The summed E-state index contributed by atoms with van der Waals surface area (Å²) in [5.74, 6) is 1.03. The molecule has 2 unspecified atom stereocenters. The Morgan fingerprint density at radius 2 is 1.79 bits per heavy atom. The maximum Gasteiger partial charge on any atom is 0.0576 e. The van der Waals surface area contributed by atoms with Crippen molar-refractivity contribution in [1.82, 2.24) is 5.32 Å². The second kappa shape index (κ2) is 8.97. The average molecular weight is 267 g/mol. The van der Waals surface area contributed by atoms with E-state index < -0.39 is 0 Å². The van der Waals surface area contributed by atoms with E-state index in [-0.39, 0.29) is 0 Å². The maximum atomic E-state index is 5.75. The molecule has 1 aliphatic heterocycles. The summed E-state index contributed by atoms with van der Waals surface area (Å²) in [5.41, 5.74) is 0. The Hall–Kier alpha value is -0.0800. The molecule has 2 atom stereocenters. The van der Waals surface area contributed by atoms with E-state index in [0.29, 0.717) is 6.10 Å². The molecule has 2 aliphatic rings. The molecule has 0 aromatic heterocycles. The van der Waals surface area contributed by atoms with Crippen LogP contribution >= 0.6 is 0 Å². The molecular formula is C17H33NO. The Morgan fingerprint density at radius 3 is 2.47 bits per heavy atom.